The normalized spacial score (nSPS) is 11.8. The molecule has 2 nitrogen and oxygen atoms in total. The molecule has 0 aliphatic heterocycles. The van der Waals surface area contributed by atoms with Crippen LogP contribution in [0, 0.1) is 5.82 Å². The summed E-state index contributed by atoms with van der Waals surface area (Å²) in [6, 6.07) is 21.2. The average Bonchev–Trinajstić information content (AvgIpc) is 2.63. The minimum atomic E-state index is -0.504. The van der Waals surface area contributed by atoms with Crippen LogP contribution >= 0.6 is 11.6 Å². The standard InChI is InChI=1S/C21H17ClFNO/c1-14(21(25)24-20-10-6-5-9-18(20)22)16-11-12-17(19(23)13-16)15-7-3-2-4-8-15/h2-14H,1H3,(H,24,25)/t14-/m1/s1. The molecule has 0 aromatic heterocycles. The van der Waals surface area contributed by atoms with Gasteiger partial charge in [0, 0.05) is 5.56 Å². The quantitative estimate of drug-likeness (QED) is 0.622. The van der Waals surface area contributed by atoms with Gasteiger partial charge < -0.3 is 5.32 Å². The van der Waals surface area contributed by atoms with E-state index in [0.717, 1.165) is 5.56 Å². The molecule has 1 amide bonds. The number of hydrogen-bond donors (Lipinski definition) is 1. The Balaban J connectivity index is 1.81. The van der Waals surface area contributed by atoms with E-state index >= 15 is 0 Å². The molecule has 3 rings (SSSR count). The third kappa shape index (κ3) is 3.89. The first-order valence-corrected chi connectivity index (χ1v) is 8.34. The summed E-state index contributed by atoms with van der Waals surface area (Å²) in [5.41, 5.74) is 2.48. The van der Waals surface area contributed by atoms with Gasteiger partial charge in [-0.3, -0.25) is 4.79 Å². The molecule has 0 spiro atoms. The molecular formula is C21H17ClFNO. The lowest BCUT2D eigenvalue weighted by Crippen LogP contribution is -2.19. The fourth-order valence-corrected chi connectivity index (χ4v) is 2.79. The number of halogens is 2. The van der Waals surface area contributed by atoms with E-state index in [1.807, 2.05) is 30.3 Å². The highest BCUT2D eigenvalue weighted by atomic mass is 35.5. The van der Waals surface area contributed by atoms with Crippen molar-refractivity contribution in [3.05, 3.63) is 89.2 Å². The summed E-state index contributed by atoms with van der Waals surface area (Å²) in [6.45, 7) is 1.74. The number of carbonyl (C=O) groups is 1. The predicted octanol–water partition coefficient (Wildman–Crippen LogP) is 5.89. The number of amides is 1. The van der Waals surface area contributed by atoms with Crippen molar-refractivity contribution >= 4 is 23.2 Å². The van der Waals surface area contributed by atoms with Gasteiger partial charge in [-0.15, -0.1) is 0 Å². The van der Waals surface area contributed by atoms with E-state index in [0.29, 0.717) is 21.8 Å². The van der Waals surface area contributed by atoms with Crippen LogP contribution in [-0.4, -0.2) is 5.91 Å². The summed E-state index contributed by atoms with van der Waals surface area (Å²) in [5.74, 6) is -1.09. The van der Waals surface area contributed by atoms with E-state index < -0.39 is 5.92 Å². The molecule has 0 fully saturated rings. The number of carbonyl (C=O) groups excluding carboxylic acids is 1. The van der Waals surface area contributed by atoms with Crippen molar-refractivity contribution in [3.8, 4) is 11.1 Å². The fourth-order valence-electron chi connectivity index (χ4n) is 2.61. The van der Waals surface area contributed by atoms with Crippen molar-refractivity contribution in [3.63, 3.8) is 0 Å². The first-order valence-electron chi connectivity index (χ1n) is 7.96. The molecule has 3 aromatic rings. The lowest BCUT2D eigenvalue weighted by Gasteiger charge is -2.14. The molecule has 3 aromatic carbocycles. The Labute approximate surface area is 151 Å². The highest BCUT2D eigenvalue weighted by Gasteiger charge is 2.18. The Morgan fingerprint density at radius 3 is 2.36 bits per heavy atom. The Bertz CT molecular complexity index is 895. The number of rotatable bonds is 4. The first kappa shape index (κ1) is 17.2. The zero-order valence-electron chi connectivity index (χ0n) is 13.7. The number of benzene rings is 3. The van der Waals surface area contributed by atoms with Gasteiger partial charge in [-0.25, -0.2) is 4.39 Å². The SMILES string of the molecule is C[C@@H](C(=O)Nc1ccccc1Cl)c1ccc(-c2ccccc2)c(F)c1. The Morgan fingerprint density at radius 2 is 1.68 bits per heavy atom. The second-order valence-electron chi connectivity index (χ2n) is 5.80. The third-order valence-electron chi connectivity index (χ3n) is 4.10. The molecule has 25 heavy (non-hydrogen) atoms. The topological polar surface area (TPSA) is 29.1 Å². The van der Waals surface area contributed by atoms with Gasteiger partial charge in [0.05, 0.1) is 16.6 Å². The molecular weight excluding hydrogens is 337 g/mol. The minimum Gasteiger partial charge on any atom is -0.324 e. The van der Waals surface area contributed by atoms with Crippen LogP contribution in [-0.2, 0) is 4.79 Å². The van der Waals surface area contributed by atoms with Crippen LogP contribution in [0.1, 0.15) is 18.4 Å². The molecule has 1 atom stereocenters. The van der Waals surface area contributed by atoms with Gasteiger partial charge in [0.25, 0.3) is 0 Å². The number of hydrogen-bond acceptors (Lipinski definition) is 1. The molecule has 0 saturated heterocycles. The molecule has 0 aliphatic carbocycles. The van der Waals surface area contributed by atoms with Crippen molar-refractivity contribution < 1.29 is 9.18 Å². The predicted molar refractivity (Wildman–Crippen MR) is 100 cm³/mol. The largest absolute Gasteiger partial charge is 0.324 e. The van der Waals surface area contributed by atoms with E-state index in [2.05, 4.69) is 5.32 Å². The molecule has 1 N–H and O–H groups in total. The highest BCUT2D eigenvalue weighted by Crippen LogP contribution is 2.28. The van der Waals surface area contributed by atoms with Crippen LogP contribution < -0.4 is 5.32 Å². The monoisotopic (exact) mass is 353 g/mol. The molecule has 126 valence electrons. The van der Waals surface area contributed by atoms with Gasteiger partial charge in [0.15, 0.2) is 0 Å². The van der Waals surface area contributed by atoms with Gasteiger partial charge in [0.2, 0.25) is 5.91 Å². The number of anilines is 1. The Kier molecular flexibility index (Phi) is 5.15. The van der Waals surface area contributed by atoms with E-state index in [9.17, 15) is 9.18 Å². The summed E-state index contributed by atoms with van der Waals surface area (Å²) >= 11 is 6.06. The maximum Gasteiger partial charge on any atom is 0.231 e. The molecule has 0 bridgehead atoms. The summed E-state index contributed by atoms with van der Waals surface area (Å²) in [4.78, 5) is 12.4. The molecule has 4 heteroatoms. The maximum absolute atomic E-state index is 14.5. The smallest absolute Gasteiger partial charge is 0.231 e. The van der Waals surface area contributed by atoms with E-state index in [1.54, 1.807) is 43.3 Å². The Morgan fingerprint density at radius 1 is 1.00 bits per heavy atom. The summed E-state index contributed by atoms with van der Waals surface area (Å²) in [5, 5.41) is 3.25. The van der Waals surface area contributed by atoms with Crippen molar-refractivity contribution in [1.29, 1.82) is 0 Å². The molecule has 0 radical (unpaired) electrons. The van der Waals surface area contributed by atoms with E-state index in [4.69, 9.17) is 11.6 Å². The molecule has 0 saturated carbocycles. The third-order valence-corrected chi connectivity index (χ3v) is 4.43. The molecule has 0 heterocycles. The molecule has 0 unspecified atom stereocenters. The second kappa shape index (κ2) is 7.49. The lowest BCUT2D eigenvalue weighted by molar-refractivity contribution is -0.117. The van der Waals surface area contributed by atoms with Crippen LogP contribution in [0.25, 0.3) is 11.1 Å². The van der Waals surface area contributed by atoms with E-state index in [1.165, 1.54) is 6.07 Å². The maximum atomic E-state index is 14.5. The van der Waals surface area contributed by atoms with Gasteiger partial charge >= 0.3 is 0 Å². The van der Waals surface area contributed by atoms with Crippen molar-refractivity contribution in [1.82, 2.24) is 0 Å². The lowest BCUT2D eigenvalue weighted by atomic mass is 9.96. The van der Waals surface area contributed by atoms with Crippen molar-refractivity contribution in [2.45, 2.75) is 12.8 Å². The second-order valence-corrected chi connectivity index (χ2v) is 6.20. The Hall–Kier alpha value is -2.65. The first-order chi connectivity index (χ1) is 12.1. The van der Waals surface area contributed by atoms with Gasteiger partial charge in [-0.05, 0) is 36.2 Å². The minimum absolute atomic E-state index is 0.236. The molecule has 0 aliphatic rings. The van der Waals surface area contributed by atoms with Gasteiger partial charge in [-0.1, -0.05) is 66.2 Å². The number of nitrogens with one attached hydrogen (secondary N) is 1. The zero-order valence-corrected chi connectivity index (χ0v) is 14.4. The van der Waals surface area contributed by atoms with Crippen LogP contribution in [0.4, 0.5) is 10.1 Å². The van der Waals surface area contributed by atoms with Crippen LogP contribution in [0.15, 0.2) is 72.8 Å². The van der Waals surface area contributed by atoms with E-state index in [-0.39, 0.29) is 11.7 Å². The summed E-state index contributed by atoms with van der Waals surface area (Å²) in [7, 11) is 0. The number of para-hydroxylation sites is 1. The van der Waals surface area contributed by atoms with Crippen molar-refractivity contribution in [2.24, 2.45) is 0 Å². The van der Waals surface area contributed by atoms with Crippen LogP contribution in [0.5, 0.6) is 0 Å². The summed E-state index contributed by atoms with van der Waals surface area (Å²) in [6.07, 6.45) is 0. The highest BCUT2D eigenvalue weighted by molar-refractivity contribution is 6.33. The van der Waals surface area contributed by atoms with Crippen LogP contribution in [0.3, 0.4) is 0 Å². The van der Waals surface area contributed by atoms with Crippen molar-refractivity contribution in [2.75, 3.05) is 5.32 Å². The van der Waals surface area contributed by atoms with Gasteiger partial charge in [0.1, 0.15) is 5.82 Å². The fraction of sp³-hybridized carbons (Fsp3) is 0.0952. The average molecular weight is 354 g/mol. The van der Waals surface area contributed by atoms with Crippen LogP contribution in [0.2, 0.25) is 5.02 Å². The van der Waals surface area contributed by atoms with Gasteiger partial charge in [-0.2, -0.15) is 0 Å². The summed E-state index contributed by atoms with van der Waals surface area (Å²) < 4.78 is 14.5. The zero-order chi connectivity index (χ0) is 17.8.